The maximum absolute atomic E-state index is 13.7. The topological polar surface area (TPSA) is 58.6 Å². The van der Waals surface area contributed by atoms with Crippen LogP contribution in [-0.2, 0) is 9.59 Å². The molecule has 0 aromatic heterocycles. The maximum Gasteiger partial charge on any atom is 0.242 e. The van der Waals surface area contributed by atoms with Gasteiger partial charge in [-0.15, -0.1) is 0 Å². The van der Waals surface area contributed by atoms with Crippen LogP contribution in [0.2, 0.25) is 0 Å². The summed E-state index contributed by atoms with van der Waals surface area (Å²) in [6.45, 7) is 3.67. The van der Waals surface area contributed by atoms with E-state index in [-0.39, 0.29) is 23.3 Å². The molecule has 1 aromatic rings. The molecule has 1 heterocycles. The maximum atomic E-state index is 13.7. The first-order valence-corrected chi connectivity index (χ1v) is 11.8. The predicted octanol–water partition coefficient (Wildman–Crippen LogP) is 3.70. The number of benzene rings is 1. The molecule has 162 valence electrons. The molecule has 1 unspecified atom stereocenters. The van der Waals surface area contributed by atoms with Gasteiger partial charge in [0.05, 0.1) is 12.0 Å². The van der Waals surface area contributed by atoms with E-state index in [0.29, 0.717) is 13.2 Å². The van der Waals surface area contributed by atoms with E-state index in [2.05, 4.69) is 5.32 Å². The van der Waals surface area contributed by atoms with Crippen molar-refractivity contribution in [1.29, 1.82) is 0 Å². The minimum atomic E-state index is -0.301. The van der Waals surface area contributed by atoms with Gasteiger partial charge < -0.3 is 15.0 Å². The number of likely N-dealkylation sites (tertiary alicyclic amines) is 1. The number of hydrogen-bond donors (Lipinski definition) is 1. The van der Waals surface area contributed by atoms with Gasteiger partial charge in [-0.3, -0.25) is 9.59 Å². The van der Waals surface area contributed by atoms with Crippen molar-refractivity contribution in [3.8, 4) is 5.75 Å². The van der Waals surface area contributed by atoms with Crippen LogP contribution in [0.1, 0.15) is 56.9 Å². The second kappa shape index (κ2) is 7.90. The Hall–Kier alpha value is -2.04. The Kier molecular flexibility index (Phi) is 5.24. The molecule has 6 rings (SSSR count). The van der Waals surface area contributed by atoms with Crippen LogP contribution in [0.4, 0.5) is 0 Å². The van der Waals surface area contributed by atoms with E-state index in [4.69, 9.17) is 4.74 Å². The van der Waals surface area contributed by atoms with Crippen molar-refractivity contribution >= 4 is 11.8 Å². The Balaban J connectivity index is 1.16. The van der Waals surface area contributed by atoms with Crippen molar-refractivity contribution in [2.45, 2.75) is 64.3 Å². The van der Waals surface area contributed by atoms with Gasteiger partial charge in [0.1, 0.15) is 18.4 Å². The molecule has 5 aliphatic rings. The molecule has 5 heteroatoms. The highest BCUT2D eigenvalue weighted by Gasteiger charge is 2.56. The standard InChI is InChI=1S/C25H34N2O3/c1-17-4-6-21(7-5-17)30-10-8-26-23(28)22-3-2-9-27(22)24(29)25-14-18-11-19(15-25)13-20(12-18)16-25/h4-7,18-20,22H,2-3,8-16H2,1H3,(H,26,28). The van der Waals surface area contributed by atoms with E-state index in [1.807, 2.05) is 36.1 Å². The van der Waals surface area contributed by atoms with E-state index >= 15 is 0 Å². The Morgan fingerprint density at radius 1 is 1.07 bits per heavy atom. The second-order valence-electron chi connectivity index (χ2n) is 10.3. The summed E-state index contributed by atoms with van der Waals surface area (Å²) in [5.74, 6) is 3.32. The number of hydrogen-bond acceptors (Lipinski definition) is 3. The fourth-order valence-corrected chi connectivity index (χ4v) is 7.06. The van der Waals surface area contributed by atoms with Gasteiger partial charge in [0.15, 0.2) is 0 Å². The van der Waals surface area contributed by atoms with Gasteiger partial charge >= 0.3 is 0 Å². The fourth-order valence-electron chi connectivity index (χ4n) is 7.06. The molecule has 2 amide bonds. The number of aryl methyl sites for hydroxylation is 1. The number of nitrogens with zero attached hydrogens (tertiary/aromatic N) is 1. The molecule has 5 nitrogen and oxygen atoms in total. The average molecular weight is 411 g/mol. The number of carbonyl (C=O) groups is 2. The summed E-state index contributed by atoms with van der Waals surface area (Å²) in [7, 11) is 0. The predicted molar refractivity (Wildman–Crippen MR) is 115 cm³/mol. The normalized spacial score (nSPS) is 34.2. The van der Waals surface area contributed by atoms with Crippen LogP contribution in [0.15, 0.2) is 24.3 Å². The lowest BCUT2D eigenvalue weighted by molar-refractivity contribution is -0.160. The second-order valence-corrected chi connectivity index (χ2v) is 10.3. The Labute approximate surface area is 179 Å². The molecule has 30 heavy (non-hydrogen) atoms. The van der Waals surface area contributed by atoms with Crippen LogP contribution < -0.4 is 10.1 Å². The molecule has 5 fully saturated rings. The lowest BCUT2D eigenvalue weighted by Gasteiger charge is -2.56. The van der Waals surface area contributed by atoms with Gasteiger partial charge in [0, 0.05) is 6.54 Å². The lowest BCUT2D eigenvalue weighted by atomic mass is 9.49. The molecule has 0 radical (unpaired) electrons. The van der Waals surface area contributed by atoms with Crippen LogP contribution >= 0.6 is 0 Å². The van der Waals surface area contributed by atoms with Crippen LogP contribution in [0, 0.1) is 30.1 Å². The van der Waals surface area contributed by atoms with Crippen LogP contribution in [0.5, 0.6) is 5.75 Å². The van der Waals surface area contributed by atoms with E-state index in [1.54, 1.807) is 0 Å². The highest BCUT2D eigenvalue weighted by Crippen LogP contribution is 2.60. The molecule has 1 aliphatic heterocycles. The van der Waals surface area contributed by atoms with Crippen molar-refractivity contribution in [2.24, 2.45) is 23.2 Å². The monoisotopic (exact) mass is 410 g/mol. The zero-order chi connectivity index (χ0) is 20.7. The third-order valence-electron chi connectivity index (χ3n) is 8.00. The summed E-state index contributed by atoms with van der Waals surface area (Å²) in [6.07, 6.45) is 8.89. The van der Waals surface area contributed by atoms with Gasteiger partial charge in [-0.05, 0) is 88.2 Å². The quantitative estimate of drug-likeness (QED) is 0.728. The highest BCUT2D eigenvalue weighted by molar-refractivity contribution is 5.91. The molecular weight excluding hydrogens is 376 g/mol. The molecule has 1 aromatic carbocycles. The summed E-state index contributed by atoms with van der Waals surface area (Å²) in [6, 6.07) is 7.62. The Morgan fingerprint density at radius 3 is 2.33 bits per heavy atom. The first kappa shape index (κ1) is 19.9. The highest BCUT2D eigenvalue weighted by atomic mass is 16.5. The molecule has 1 N–H and O–H groups in total. The summed E-state index contributed by atoms with van der Waals surface area (Å²) < 4.78 is 5.72. The van der Waals surface area contributed by atoms with Crippen LogP contribution in [-0.4, -0.2) is 42.5 Å². The SMILES string of the molecule is Cc1ccc(OCCNC(=O)C2CCCN2C(=O)C23CC4CC(CC(C4)C2)C3)cc1. The smallest absolute Gasteiger partial charge is 0.242 e. The number of rotatable bonds is 6. The van der Waals surface area contributed by atoms with E-state index in [0.717, 1.165) is 62.2 Å². The van der Waals surface area contributed by atoms with Crippen LogP contribution in [0.25, 0.3) is 0 Å². The molecule has 4 aliphatic carbocycles. The Bertz CT molecular complexity index is 768. The van der Waals surface area contributed by atoms with Gasteiger partial charge in [0.2, 0.25) is 11.8 Å². The molecule has 1 saturated heterocycles. The summed E-state index contributed by atoms with van der Waals surface area (Å²) in [4.78, 5) is 28.5. The number of ether oxygens (including phenoxy) is 1. The molecule has 1 atom stereocenters. The van der Waals surface area contributed by atoms with E-state index < -0.39 is 0 Å². The van der Waals surface area contributed by atoms with Crippen molar-refractivity contribution in [1.82, 2.24) is 10.2 Å². The minimum Gasteiger partial charge on any atom is -0.492 e. The van der Waals surface area contributed by atoms with E-state index in [9.17, 15) is 9.59 Å². The first-order valence-electron chi connectivity index (χ1n) is 11.8. The summed E-state index contributed by atoms with van der Waals surface area (Å²) in [5, 5.41) is 3.01. The first-order chi connectivity index (χ1) is 14.5. The number of amides is 2. The molecule has 4 bridgehead atoms. The van der Waals surface area contributed by atoms with Crippen molar-refractivity contribution in [3.05, 3.63) is 29.8 Å². The van der Waals surface area contributed by atoms with Crippen LogP contribution in [0.3, 0.4) is 0 Å². The van der Waals surface area contributed by atoms with Gasteiger partial charge in [-0.2, -0.15) is 0 Å². The zero-order valence-electron chi connectivity index (χ0n) is 18.1. The largest absolute Gasteiger partial charge is 0.492 e. The van der Waals surface area contributed by atoms with Crippen molar-refractivity contribution < 1.29 is 14.3 Å². The Morgan fingerprint density at radius 2 is 1.70 bits per heavy atom. The number of nitrogens with one attached hydrogen (secondary N) is 1. The van der Waals surface area contributed by atoms with Gasteiger partial charge in [-0.25, -0.2) is 0 Å². The summed E-state index contributed by atoms with van der Waals surface area (Å²) >= 11 is 0. The van der Waals surface area contributed by atoms with E-state index in [1.165, 1.54) is 24.8 Å². The molecule has 0 spiro atoms. The minimum absolute atomic E-state index is 0.0157. The molecular formula is C25H34N2O3. The van der Waals surface area contributed by atoms with Gasteiger partial charge in [0.25, 0.3) is 0 Å². The average Bonchev–Trinajstić information content (AvgIpc) is 3.20. The zero-order valence-corrected chi connectivity index (χ0v) is 18.1. The third-order valence-corrected chi connectivity index (χ3v) is 8.00. The number of carbonyl (C=O) groups excluding carboxylic acids is 2. The van der Waals surface area contributed by atoms with Crippen molar-refractivity contribution in [3.63, 3.8) is 0 Å². The lowest BCUT2D eigenvalue weighted by Crippen LogP contribution is -2.57. The van der Waals surface area contributed by atoms with Crippen molar-refractivity contribution in [2.75, 3.05) is 19.7 Å². The third kappa shape index (κ3) is 3.72. The van der Waals surface area contributed by atoms with Gasteiger partial charge in [-0.1, -0.05) is 17.7 Å². The molecule has 4 saturated carbocycles. The fraction of sp³-hybridized carbons (Fsp3) is 0.680. The summed E-state index contributed by atoms with van der Waals surface area (Å²) in [5.41, 5.74) is 1.03.